The van der Waals surface area contributed by atoms with Gasteiger partial charge in [0.05, 0.1) is 6.04 Å². The van der Waals surface area contributed by atoms with Crippen molar-refractivity contribution in [2.24, 2.45) is 0 Å². The summed E-state index contributed by atoms with van der Waals surface area (Å²) in [6.45, 7) is 3.52. The van der Waals surface area contributed by atoms with Gasteiger partial charge in [0.15, 0.2) is 0 Å². The number of aromatic nitrogens is 1. The Bertz CT molecular complexity index is 1360. The molecule has 2 amide bonds. The summed E-state index contributed by atoms with van der Waals surface area (Å²) in [4.78, 5) is 32.7. The van der Waals surface area contributed by atoms with Gasteiger partial charge in [0.2, 0.25) is 5.91 Å². The van der Waals surface area contributed by atoms with E-state index in [1.165, 1.54) is 4.90 Å². The highest BCUT2D eigenvalue weighted by Crippen LogP contribution is 2.30. The Hall–Kier alpha value is -4.69. The van der Waals surface area contributed by atoms with Gasteiger partial charge in [-0.25, -0.2) is 0 Å². The first-order valence-corrected chi connectivity index (χ1v) is 11.7. The van der Waals surface area contributed by atoms with E-state index in [1.54, 1.807) is 31.5 Å². The SMILES string of the molecule is CC#CC(=O)N(c1ccc(-c2ccccc2)cc1)C(C(=O)N[C@@H](C)c1ccccc1)c1cccnc1. The van der Waals surface area contributed by atoms with Crippen molar-refractivity contribution in [3.05, 3.63) is 121 Å². The summed E-state index contributed by atoms with van der Waals surface area (Å²) in [6, 6.07) is 29.6. The predicted octanol–water partition coefficient (Wildman–Crippen LogP) is 5.72. The molecule has 1 N–H and O–H groups in total. The molecule has 0 fully saturated rings. The molecule has 36 heavy (non-hydrogen) atoms. The average Bonchev–Trinajstić information content (AvgIpc) is 2.93. The molecule has 0 aliphatic rings. The van der Waals surface area contributed by atoms with E-state index in [9.17, 15) is 9.59 Å². The molecule has 0 spiro atoms. The summed E-state index contributed by atoms with van der Waals surface area (Å²) in [5, 5.41) is 3.07. The van der Waals surface area contributed by atoms with Crippen LogP contribution in [0.2, 0.25) is 0 Å². The van der Waals surface area contributed by atoms with Crippen molar-refractivity contribution in [1.82, 2.24) is 10.3 Å². The van der Waals surface area contributed by atoms with Crippen molar-refractivity contribution in [2.45, 2.75) is 25.9 Å². The van der Waals surface area contributed by atoms with Crippen molar-refractivity contribution >= 4 is 17.5 Å². The maximum Gasteiger partial charge on any atom is 0.303 e. The molecule has 5 nitrogen and oxygen atoms in total. The van der Waals surface area contributed by atoms with Gasteiger partial charge in [-0.1, -0.05) is 84.8 Å². The van der Waals surface area contributed by atoms with Crippen LogP contribution in [0.4, 0.5) is 5.69 Å². The standard InChI is InChI=1S/C31H27N3O2/c1-3-11-29(35)34(28-19-17-26(18-20-28)25-14-8-5-9-15-25)30(27-16-10-21-32-22-27)31(36)33-23(2)24-12-6-4-7-13-24/h4-10,12-23,30H,1-2H3,(H,33,36)/t23-,30?/m0/s1. The van der Waals surface area contributed by atoms with Crippen LogP contribution >= 0.6 is 0 Å². The van der Waals surface area contributed by atoms with Crippen LogP contribution in [0.25, 0.3) is 11.1 Å². The average molecular weight is 474 g/mol. The van der Waals surface area contributed by atoms with E-state index in [4.69, 9.17) is 0 Å². The van der Waals surface area contributed by atoms with Crippen LogP contribution in [-0.2, 0) is 9.59 Å². The molecule has 0 radical (unpaired) electrons. The lowest BCUT2D eigenvalue weighted by Gasteiger charge is -2.31. The van der Waals surface area contributed by atoms with E-state index >= 15 is 0 Å². The van der Waals surface area contributed by atoms with Gasteiger partial charge >= 0.3 is 5.91 Å². The molecule has 1 unspecified atom stereocenters. The number of pyridine rings is 1. The summed E-state index contributed by atoms with van der Waals surface area (Å²) in [5.41, 5.74) is 4.20. The monoisotopic (exact) mass is 473 g/mol. The van der Waals surface area contributed by atoms with Gasteiger partial charge in [-0.2, -0.15) is 0 Å². The molecule has 3 aromatic carbocycles. The normalized spacial score (nSPS) is 11.9. The number of benzene rings is 3. The number of carbonyl (C=O) groups excluding carboxylic acids is 2. The lowest BCUT2D eigenvalue weighted by molar-refractivity contribution is -0.125. The van der Waals surface area contributed by atoms with Gasteiger partial charge in [-0.05, 0) is 54.7 Å². The van der Waals surface area contributed by atoms with E-state index in [0.29, 0.717) is 11.3 Å². The topological polar surface area (TPSA) is 62.3 Å². The van der Waals surface area contributed by atoms with Crippen LogP contribution in [0.1, 0.15) is 37.1 Å². The maximum absolute atomic E-state index is 13.8. The highest BCUT2D eigenvalue weighted by molar-refractivity contribution is 6.10. The second-order valence-corrected chi connectivity index (χ2v) is 8.29. The summed E-state index contributed by atoms with van der Waals surface area (Å²) in [5.74, 6) is 4.50. The molecule has 0 aliphatic carbocycles. The fourth-order valence-electron chi connectivity index (χ4n) is 4.07. The van der Waals surface area contributed by atoms with Gasteiger partial charge in [0.1, 0.15) is 6.04 Å². The third-order valence-corrected chi connectivity index (χ3v) is 5.87. The first-order chi connectivity index (χ1) is 17.6. The van der Waals surface area contributed by atoms with Gasteiger partial charge in [-0.15, -0.1) is 0 Å². The van der Waals surface area contributed by atoms with Crippen LogP contribution in [-0.4, -0.2) is 16.8 Å². The van der Waals surface area contributed by atoms with E-state index in [0.717, 1.165) is 16.7 Å². The van der Waals surface area contributed by atoms with E-state index in [-0.39, 0.29) is 11.9 Å². The number of carbonyl (C=O) groups is 2. The van der Waals surface area contributed by atoms with Crippen LogP contribution in [0.3, 0.4) is 0 Å². The van der Waals surface area contributed by atoms with Crippen molar-refractivity contribution in [3.8, 4) is 23.0 Å². The maximum atomic E-state index is 13.8. The highest BCUT2D eigenvalue weighted by atomic mass is 16.2. The van der Waals surface area contributed by atoms with E-state index in [1.807, 2.05) is 91.9 Å². The summed E-state index contributed by atoms with van der Waals surface area (Å²) >= 11 is 0. The lowest BCUT2D eigenvalue weighted by atomic mass is 10.0. The van der Waals surface area contributed by atoms with Gasteiger partial charge in [-0.3, -0.25) is 19.5 Å². The molecule has 0 saturated carbocycles. The van der Waals surface area contributed by atoms with Crippen LogP contribution < -0.4 is 10.2 Å². The molecule has 178 valence electrons. The van der Waals surface area contributed by atoms with Crippen LogP contribution in [0, 0.1) is 11.8 Å². The highest BCUT2D eigenvalue weighted by Gasteiger charge is 2.33. The number of amides is 2. The number of hydrogen-bond acceptors (Lipinski definition) is 3. The van der Waals surface area contributed by atoms with Gasteiger partial charge in [0.25, 0.3) is 0 Å². The Kier molecular flexibility index (Phi) is 7.90. The first kappa shape index (κ1) is 24.4. The summed E-state index contributed by atoms with van der Waals surface area (Å²) < 4.78 is 0. The van der Waals surface area contributed by atoms with E-state index in [2.05, 4.69) is 22.1 Å². The number of hydrogen-bond donors (Lipinski definition) is 1. The predicted molar refractivity (Wildman–Crippen MR) is 143 cm³/mol. The van der Waals surface area contributed by atoms with Crippen LogP contribution in [0.15, 0.2) is 109 Å². The number of nitrogens with one attached hydrogen (secondary N) is 1. The Morgan fingerprint density at radius 1 is 0.806 bits per heavy atom. The van der Waals surface area contributed by atoms with Crippen molar-refractivity contribution in [3.63, 3.8) is 0 Å². The fourth-order valence-corrected chi connectivity index (χ4v) is 4.07. The summed E-state index contributed by atoms with van der Waals surface area (Å²) in [6.07, 6.45) is 3.24. The smallest absolute Gasteiger partial charge is 0.303 e. The molecule has 0 bridgehead atoms. The first-order valence-electron chi connectivity index (χ1n) is 11.7. The van der Waals surface area contributed by atoms with Crippen molar-refractivity contribution < 1.29 is 9.59 Å². The molecular formula is C31H27N3O2. The zero-order chi connectivity index (χ0) is 25.3. The molecule has 1 aromatic heterocycles. The quantitative estimate of drug-likeness (QED) is 0.349. The molecule has 0 aliphatic heterocycles. The third kappa shape index (κ3) is 5.68. The molecule has 4 aromatic rings. The molecular weight excluding hydrogens is 446 g/mol. The lowest BCUT2D eigenvalue weighted by Crippen LogP contribution is -2.44. The van der Waals surface area contributed by atoms with Crippen molar-refractivity contribution in [2.75, 3.05) is 4.90 Å². The fraction of sp³-hybridized carbons (Fsp3) is 0.129. The minimum absolute atomic E-state index is 0.257. The molecule has 2 atom stereocenters. The zero-order valence-corrected chi connectivity index (χ0v) is 20.3. The third-order valence-electron chi connectivity index (χ3n) is 5.87. The Labute approximate surface area is 211 Å². The Morgan fingerprint density at radius 3 is 2.03 bits per heavy atom. The van der Waals surface area contributed by atoms with Crippen LogP contribution in [0.5, 0.6) is 0 Å². The number of nitrogens with zero attached hydrogens (tertiary/aromatic N) is 2. The zero-order valence-electron chi connectivity index (χ0n) is 20.3. The number of anilines is 1. The van der Waals surface area contributed by atoms with Crippen molar-refractivity contribution in [1.29, 1.82) is 0 Å². The minimum Gasteiger partial charge on any atom is -0.347 e. The van der Waals surface area contributed by atoms with E-state index < -0.39 is 11.9 Å². The molecule has 1 heterocycles. The van der Waals surface area contributed by atoms with Gasteiger partial charge in [0, 0.05) is 23.6 Å². The Morgan fingerprint density at radius 2 is 1.42 bits per heavy atom. The molecule has 0 saturated heterocycles. The Balaban J connectivity index is 1.74. The summed E-state index contributed by atoms with van der Waals surface area (Å²) in [7, 11) is 0. The molecule has 4 rings (SSSR count). The minimum atomic E-state index is -0.958. The second kappa shape index (κ2) is 11.6. The van der Waals surface area contributed by atoms with Gasteiger partial charge < -0.3 is 5.32 Å². The second-order valence-electron chi connectivity index (χ2n) is 8.29. The number of rotatable bonds is 7. The molecule has 5 heteroatoms. The largest absolute Gasteiger partial charge is 0.347 e.